The molecule has 110 valence electrons. The second-order valence-electron chi connectivity index (χ2n) is 5.70. The molecular weight excluding hydrogens is 284 g/mol. The average Bonchev–Trinajstić information content (AvgIpc) is 2.94. The molecule has 0 saturated heterocycles. The Balaban J connectivity index is 2.19. The number of rotatable bonds is 1. The SMILES string of the molecule is [C-]#[N+]c1cccc2c1oc1c(-c3ccccc3C)[n+](C)ccc12. The van der Waals surface area contributed by atoms with Gasteiger partial charge in [-0.1, -0.05) is 36.4 Å². The Labute approximate surface area is 134 Å². The Kier molecular flexibility index (Phi) is 2.92. The fourth-order valence-electron chi connectivity index (χ4n) is 3.12. The van der Waals surface area contributed by atoms with E-state index in [1.165, 1.54) is 5.56 Å². The molecule has 0 bridgehead atoms. The van der Waals surface area contributed by atoms with Gasteiger partial charge in [0.2, 0.25) is 11.3 Å². The highest BCUT2D eigenvalue weighted by atomic mass is 16.3. The van der Waals surface area contributed by atoms with Crippen LogP contribution >= 0.6 is 0 Å². The summed E-state index contributed by atoms with van der Waals surface area (Å²) < 4.78 is 8.24. The summed E-state index contributed by atoms with van der Waals surface area (Å²) in [5.74, 6) is 0. The van der Waals surface area contributed by atoms with E-state index >= 15 is 0 Å². The molecule has 0 amide bonds. The number of aryl methyl sites for hydroxylation is 2. The van der Waals surface area contributed by atoms with Crippen LogP contribution in [0.3, 0.4) is 0 Å². The van der Waals surface area contributed by atoms with Crippen molar-refractivity contribution in [2.24, 2.45) is 7.05 Å². The monoisotopic (exact) mass is 299 g/mol. The van der Waals surface area contributed by atoms with Gasteiger partial charge in [0.1, 0.15) is 12.6 Å². The summed E-state index contributed by atoms with van der Waals surface area (Å²) in [4.78, 5) is 3.59. The Morgan fingerprint density at radius 1 is 0.957 bits per heavy atom. The van der Waals surface area contributed by atoms with Crippen LogP contribution in [0.4, 0.5) is 5.69 Å². The number of pyridine rings is 1. The Morgan fingerprint density at radius 3 is 2.52 bits per heavy atom. The lowest BCUT2D eigenvalue weighted by Crippen LogP contribution is -2.30. The largest absolute Gasteiger partial charge is 0.460 e. The number of benzene rings is 2. The van der Waals surface area contributed by atoms with Crippen LogP contribution in [0.1, 0.15) is 5.56 Å². The first-order valence-electron chi connectivity index (χ1n) is 7.48. The lowest BCUT2D eigenvalue weighted by Gasteiger charge is -2.04. The topological polar surface area (TPSA) is 21.4 Å². The maximum Gasteiger partial charge on any atom is 0.256 e. The number of nitrogens with zero attached hydrogens (tertiary/aromatic N) is 2. The summed E-state index contributed by atoms with van der Waals surface area (Å²) in [6.45, 7) is 9.45. The maximum absolute atomic E-state index is 7.35. The van der Waals surface area contributed by atoms with Crippen LogP contribution in [0.2, 0.25) is 0 Å². The summed E-state index contributed by atoms with van der Waals surface area (Å²) >= 11 is 0. The maximum atomic E-state index is 7.35. The van der Waals surface area contributed by atoms with Gasteiger partial charge in [0, 0.05) is 16.8 Å². The van der Waals surface area contributed by atoms with Crippen molar-refractivity contribution in [3.05, 3.63) is 71.7 Å². The number of aromatic nitrogens is 1. The third-order valence-electron chi connectivity index (χ3n) is 4.29. The molecule has 2 aromatic carbocycles. The smallest absolute Gasteiger partial charge is 0.256 e. The molecular formula is C20H15N2O+. The minimum absolute atomic E-state index is 0.553. The van der Waals surface area contributed by atoms with Crippen molar-refractivity contribution in [1.82, 2.24) is 0 Å². The van der Waals surface area contributed by atoms with Crippen LogP contribution < -0.4 is 4.57 Å². The van der Waals surface area contributed by atoms with E-state index in [4.69, 9.17) is 11.0 Å². The molecule has 0 atom stereocenters. The lowest BCUT2D eigenvalue weighted by atomic mass is 10.0. The van der Waals surface area contributed by atoms with E-state index in [1.807, 2.05) is 37.5 Å². The molecule has 4 aromatic rings. The van der Waals surface area contributed by atoms with E-state index in [0.717, 1.165) is 27.6 Å². The molecule has 2 heterocycles. The summed E-state index contributed by atoms with van der Waals surface area (Å²) in [5, 5.41) is 2.03. The van der Waals surface area contributed by atoms with Gasteiger partial charge >= 0.3 is 0 Å². The molecule has 0 saturated carbocycles. The van der Waals surface area contributed by atoms with Crippen LogP contribution in [0.25, 0.3) is 38.0 Å². The van der Waals surface area contributed by atoms with Gasteiger partial charge in [0.05, 0.1) is 12.1 Å². The standard InChI is InChI=1S/C20H15N2O/c1-13-7-4-5-8-14(13)18-20-16(11-12-22(18)3)15-9-6-10-17(21-2)19(15)23-20/h4-12H,1,3H3/q+1. The molecule has 2 aromatic heterocycles. The number of hydrogen-bond acceptors (Lipinski definition) is 1. The van der Waals surface area contributed by atoms with E-state index in [9.17, 15) is 0 Å². The summed E-state index contributed by atoms with van der Waals surface area (Å²) in [7, 11) is 2.02. The summed E-state index contributed by atoms with van der Waals surface area (Å²) in [6.07, 6.45) is 2.05. The normalized spacial score (nSPS) is 11.0. The Hall–Kier alpha value is -3.12. The van der Waals surface area contributed by atoms with Crippen LogP contribution in [0, 0.1) is 13.5 Å². The minimum Gasteiger partial charge on any atom is -0.460 e. The van der Waals surface area contributed by atoms with E-state index < -0.39 is 0 Å². The molecule has 0 radical (unpaired) electrons. The third-order valence-corrected chi connectivity index (χ3v) is 4.29. The van der Waals surface area contributed by atoms with Crippen LogP contribution in [0.5, 0.6) is 0 Å². The fraction of sp³-hybridized carbons (Fsp3) is 0.100. The highest BCUT2D eigenvalue weighted by Gasteiger charge is 2.22. The molecule has 23 heavy (non-hydrogen) atoms. The quantitative estimate of drug-likeness (QED) is 0.360. The van der Waals surface area contributed by atoms with Crippen molar-refractivity contribution < 1.29 is 8.98 Å². The van der Waals surface area contributed by atoms with Crippen molar-refractivity contribution in [2.45, 2.75) is 6.92 Å². The summed E-state index contributed by atoms with van der Waals surface area (Å²) in [5.41, 5.74) is 5.42. The van der Waals surface area contributed by atoms with Crippen molar-refractivity contribution >= 4 is 27.6 Å². The van der Waals surface area contributed by atoms with Gasteiger partial charge in [-0.2, -0.15) is 4.57 Å². The molecule has 0 aliphatic rings. The van der Waals surface area contributed by atoms with Gasteiger partial charge in [-0.15, -0.1) is 0 Å². The molecule has 4 rings (SSSR count). The van der Waals surface area contributed by atoms with Gasteiger partial charge in [-0.05, 0) is 18.6 Å². The first kappa shape index (κ1) is 13.5. The highest BCUT2D eigenvalue weighted by molar-refractivity contribution is 6.11. The zero-order chi connectivity index (χ0) is 16.0. The van der Waals surface area contributed by atoms with Crippen LogP contribution in [0.15, 0.2) is 59.1 Å². The zero-order valence-corrected chi connectivity index (χ0v) is 13.0. The second kappa shape index (κ2) is 4.96. The second-order valence-corrected chi connectivity index (χ2v) is 5.70. The van der Waals surface area contributed by atoms with E-state index in [1.54, 1.807) is 6.07 Å². The first-order chi connectivity index (χ1) is 11.2. The molecule has 0 unspecified atom stereocenters. The molecule has 0 spiro atoms. The number of hydrogen-bond donors (Lipinski definition) is 0. The molecule has 0 aliphatic heterocycles. The molecule has 0 aliphatic carbocycles. The number of furan rings is 1. The van der Waals surface area contributed by atoms with Gasteiger partial charge in [0.25, 0.3) is 5.69 Å². The van der Waals surface area contributed by atoms with Crippen molar-refractivity contribution in [1.29, 1.82) is 0 Å². The Bertz CT molecular complexity index is 1100. The zero-order valence-electron chi connectivity index (χ0n) is 13.0. The third kappa shape index (κ3) is 1.92. The molecule has 0 fully saturated rings. The fourth-order valence-corrected chi connectivity index (χ4v) is 3.12. The Morgan fingerprint density at radius 2 is 1.74 bits per heavy atom. The van der Waals surface area contributed by atoms with Gasteiger partial charge < -0.3 is 4.42 Å². The first-order valence-corrected chi connectivity index (χ1v) is 7.48. The molecule has 3 nitrogen and oxygen atoms in total. The minimum atomic E-state index is 0.553. The predicted octanol–water partition coefficient (Wildman–Crippen LogP) is 4.94. The summed E-state index contributed by atoms with van der Waals surface area (Å²) in [6, 6.07) is 16.0. The predicted molar refractivity (Wildman–Crippen MR) is 91.3 cm³/mol. The van der Waals surface area contributed by atoms with Crippen molar-refractivity contribution in [3.8, 4) is 11.3 Å². The van der Waals surface area contributed by atoms with Crippen molar-refractivity contribution in [2.75, 3.05) is 0 Å². The van der Waals surface area contributed by atoms with E-state index in [-0.39, 0.29) is 0 Å². The number of fused-ring (bicyclic) bond motifs is 3. The lowest BCUT2D eigenvalue weighted by molar-refractivity contribution is -0.659. The number of para-hydroxylation sites is 1. The van der Waals surface area contributed by atoms with Crippen LogP contribution in [-0.2, 0) is 7.05 Å². The van der Waals surface area contributed by atoms with Gasteiger partial charge in [-0.3, -0.25) is 0 Å². The van der Waals surface area contributed by atoms with E-state index in [2.05, 4.69) is 34.5 Å². The molecule has 0 N–H and O–H groups in total. The van der Waals surface area contributed by atoms with Crippen LogP contribution in [-0.4, -0.2) is 0 Å². The van der Waals surface area contributed by atoms with Gasteiger partial charge in [-0.25, -0.2) is 4.85 Å². The highest BCUT2D eigenvalue weighted by Crippen LogP contribution is 2.38. The van der Waals surface area contributed by atoms with Crippen molar-refractivity contribution in [3.63, 3.8) is 0 Å². The molecule has 3 heteroatoms. The van der Waals surface area contributed by atoms with Gasteiger partial charge in [0.15, 0.2) is 6.20 Å². The van der Waals surface area contributed by atoms with E-state index in [0.29, 0.717) is 11.3 Å². The average molecular weight is 299 g/mol.